The van der Waals surface area contributed by atoms with Crippen molar-refractivity contribution in [3.63, 3.8) is 0 Å². The van der Waals surface area contributed by atoms with Crippen molar-refractivity contribution in [2.45, 2.75) is 6.92 Å². The third-order valence-corrected chi connectivity index (χ3v) is 3.78. The second-order valence-electron chi connectivity index (χ2n) is 5.35. The molecule has 3 nitrogen and oxygen atoms in total. The van der Waals surface area contributed by atoms with Gasteiger partial charge in [0, 0.05) is 5.56 Å². The fourth-order valence-electron chi connectivity index (χ4n) is 2.29. The Kier molecular flexibility index (Phi) is 4.82. The molecule has 0 saturated carbocycles. The zero-order valence-corrected chi connectivity index (χ0v) is 13.9. The molecule has 0 heterocycles. The van der Waals surface area contributed by atoms with E-state index in [0.29, 0.717) is 27.8 Å². The Morgan fingerprint density at radius 1 is 0.917 bits per heavy atom. The zero-order valence-electron chi connectivity index (χ0n) is 13.1. The molecular formula is C20H16ClNO2. The van der Waals surface area contributed by atoms with E-state index in [9.17, 15) is 4.79 Å². The number of ether oxygens (including phenoxy) is 1. The highest BCUT2D eigenvalue weighted by Crippen LogP contribution is 2.33. The maximum atomic E-state index is 12.4. The minimum Gasteiger partial charge on any atom is -0.454 e. The van der Waals surface area contributed by atoms with Gasteiger partial charge in [-0.2, -0.15) is 0 Å². The fraction of sp³-hybridized carbons (Fsp3) is 0.0500. The summed E-state index contributed by atoms with van der Waals surface area (Å²) in [5.74, 6) is 0.886. The molecule has 24 heavy (non-hydrogen) atoms. The van der Waals surface area contributed by atoms with Crippen LogP contribution in [0.1, 0.15) is 15.9 Å². The number of benzene rings is 3. The van der Waals surface area contributed by atoms with E-state index < -0.39 is 0 Å². The monoisotopic (exact) mass is 337 g/mol. The van der Waals surface area contributed by atoms with Gasteiger partial charge in [-0.1, -0.05) is 53.6 Å². The summed E-state index contributed by atoms with van der Waals surface area (Å²) in [6, 6.07) is 21.9. The number of hydrogen-bond donors (Lipinski definition) is 1. The lowest BCUT2D eigenvalue weighted by Crippen LogP contribution is -2.12. The number of anilines is 1. The third kappa shape index (κ3) is 3.76. The summed E-state index contributed by atoms with van der Waals surface area (Å²) >= 11 is 6.13. The van der Waals surface area contributed by atoms with Crippen LogP contribution in [0.5, 0.6) is 11.5 Å². The molecule has 0 aliphatic rings. The van der Waals surface area contributed by atoms with Gasteiger partial charge in [0.2, 0.25) is 0 Å². The molecule has 120 valence electrons. The van der Waals surface area contributed by atoms with Crippen molar-refractivity contribution < 1.29 is 9.53 Å². The molecule has 0 fully saturated rings. The summed E-state index contributed by atoms with van der Waals surface area (Å²) in [5, 5.41) is 3.40. The number of carbonyl (C=O) groups excluding carboxylic acids is 1. The molecule has 3 aromatic rings. The van der Waals surface area contributed by atoms with Crippen molar-refractivity contribution in [3.8, 4) is 11.5 Å². The topological polar surface area (TPSA) is 38.3 Å². The van der Waals surface area contributed by atoms with Crippen molar-refractivity contribution in [1.82, 2.24) is 0 Å². The van der Waals surface area contributed by atoms with Crippen LogP contribution in [0, 0.1) is 6.92 Å². The SMILES string of the molecule is Cc1cccc(C(=O)Nc2ccccc2Oc2ccccc2Cl)c1. The van der Waals surface area contributed by atoms with Crippen LogP contribution in [0.4, 0.5) is 5.69 Å². The first-order valence-corrected chi connectivity index (χ1v) is 7.91. The number of aryl methyl sites for hydroxylation is 1. The van der Waals surface area contributed by atoms with E-state index in [1.165, 1.54) is 0 Å². The number of nitrogens with one attached hydrogen (secondary N) is 1. The molecule has 0 aliphatic carbocycles. The highest BCUT2D eigenvalue weighted by Gasteiger charge is 2.11. The minimum absolute atomic E-state index is 0.186. The number of amides is 1. The van der Waals surface area contributed by atoms with Crippen molar-refractivity contribution in [1.29, 1.82) is 0 Å². The van der Waals surface area contributed by atoms with Gasteiger partial charge in [0.25, 0.3) is 5.91 Å². The first kappa shape index (κ1) is 16.1. The number of rotatable bonds is 4. The molecule has 0 spiro atoms. The smallest absolute Gasteiger partial charge is 0.255 e. The fourth-order valence-corrected chi connectivity index (χ4v) is 2.46. The Labute approximate surface area is 145 Å². The zero-order chi connectivity index (χ0) is 16.9. The summed E-state index contributed by atoms with van der Waals surface area (Å²) in [6.07, 6.45) is 0. The van der Waals surface area contributed by atoms with Gasteiger partial charge in [0.1, 0.15) is 5.75 Å². The van der Waals surface area contributed by atoms with Crippen LogP contribution in [0.25, 0.3) is 0 Å². The molecule has 0 saturated heterocycles. The summed E-state index contributed by atoms with van der Waals surface area (Å²) in [5.41, 5.74) is 2.22. The average molecular weight is 338 g/mol. The van der Waals surface area contributed by atoms with Crippen LogP contribution in [-0.4, -0.2) is 5.91 Å². The number of para-hydroxylation sites is 3. The second kappa shape index (κ2) is 7.20. The third-order valence-electron chi connectivity index (χ3n) is 3.47. The van der Waals surface area contributed by atoms with E-state index in [1.54, 1.807) is 30.3 Å². The average Bonchev–Trinajstić information content (AvgIpc) is 2.58. The first-order chi connectivity index (χ1) is 11.6. The lowest BCUT2D eigenvalue weighted by atomic mass is 10.1. The molecule has 3 aromatic carbocycles. The highest BCUT2D eigenvalue weighted by molar-refractivity contribution is 6.32. The summed E-state index contributed by atoms with van der Waals surface area (Å²) in [6.45, 7) is 1.95. The summed E-state index contributed by atoms with van der Waals surface area (Å²) < 4.78 is 5.85. The first-order valence-electron chi connectivity index (χ1n) is 7.53. The molecule has 0 radical (unpaired) electrons. The van der Waals surface area contributed by atoms with E-state index in [-0.39, 0.29) is 5.91 Å². The predicted octanol–water partition coefficient (Wildman–Crippen LogP) is 5.69. The molecule has 4 heteroatoms. The van der Waals surface area contributed by atoms with E-state index in [0.717, 1.165) is 5.56 Å². The Morgan fingerprint density at radius 3 is 2.38 bits per heavy atom. The van der Waals surface area contributed by atoms with E-state index in [2.05, 4.69) is 5.32 Å². The lowest BCUT2D eigenvalue weighted by molar-refractivity contribution is 0.102. The van der Waals surface area contributed by atoms with Gasteiger partial charge < -0.3 is 10.1 Å². The Morgan fingerprint density at radius 2 is 1.62 bits per heavy atom. The van der Waals surface area contributed by atoms with Crippen molar-refractivity contribution in [2.24, 2.45) is 0 Å². The second-order valence-corrected chi connectivity index (χ2v) is 5.76. The van der Waals surface area contributed by atoms with E-state index in [1.807, 2.05) is 49.4 Å². The van der Waals surface area contributed by atoms with Crippen molar-refractivity contribution in [3.05, 3.63) is 88.9 Å². The largest absolute Gasteiger partial charge is 0.454 e. The van der Waals surface area contributed by atoms with Gasteiger partial charge in [0.15, 0.2) is 5.75 Å². The molecule has 0 unspecified atom stereocenters. The van der Waals surface area contributed by atoms with E-state index in [4.69, 9.17) is 16.3 Å². The van der Waals surface area contributed by atoms with Crippen LogP contribution in [0.15, 0.2) is 72.8 Å². The predicted molar refractivity (Wildman–Crippen MR) is 97.1 cm³/mol. The number of carbonyl (C=O) groups is 1. The van der Waals surface area contributed by atoms with Crippen LogP contribution < -0.4 is 10.1 Å². The van der Waals surface area contributed by atoms with Crippen LogP contribution >= 0.6 is 11.6 Å². The molecule has 1 N–H and O–H groups in total. The summed E-state index contributed by atoms with van der Waals surface area (Å²) in [4.78, 5) is 12.4. The van der Waals surface area contributed by atoms with Gasteiger partial charge in [-0.05, 0) is 43.3 Å². The van der Waals surface area contributed by atoms with Crippen molar-refractivity contribution in [2.75, 3.05) is 5.32 Å². The maximum absolute atomic E-state index is 12.4. The van der Waals surface area contributed by atoms with Crippen molar-refractivity contribution >= 4 is 23.2 Å². The molecule has 3 rings (SSSR count). The Balaban J connectivity index is 1.84. The van der Waals surface area contributed by atoms with Gasteiger partial charge in [0.05, 0.1) is 10.7 Å². The van der Waals surface area contributed by atoms with Gasteiger partial charge >= 0.3 is 0 Å². The standard InChI is InChI=1S/C20H16ClNO2/c1-14-7-6-8-15(13-14)20(23)22-17-10-3-5-12-19(17)24-18-11-4-2-9-16(18)21/h2-13H,1H3,(H,22,23). The van der Waals surface area contributed by atoms with Gasteiger partial charge in [-0.15, -0.1) is 0 Å². The molecule has 1 amide bonds. The quantitative estimate of drug-likeness (QED) is 0.663. The lowest BCUT2D eigenvalue weighted by Gasteiger charge is -2.13. The number of hydrogen-bond acceptors (Lipinski definition) is 2. The summed E-state index contributed by atoms with van der Waals surface area (Å²) in [7, 11) is 0. The molecule has 0 aromatic heterocycles. The number of halogens is 1. The minimum atomic E-state index is -0.186. The van der Waals surface area contributed by atoms with Gasteiger partial charge in [-0.25, -0.2) is 0 Å². The molecule has 0 aliphatic heterocycles. The molecule has 0 atom stereocenters. The Bertz CT molecular complexity index is 877. The van der Waals surface area contributed by atoms with Crippen LogP contribution in [-0.2, 0) is 0 Å². The Hall–Kier alpha value is -2.78. The van der Waals surface area contributed by atoms with Crippen LogP contribution in [0.3, 0.4) is 0 Å². The van der Waals surface area contributed by atoms with Crippen LogP contribution in [0.2, 0.25) is 5.02 Å². The molecular weight excluding hydrogens is 322 g/mol. The van der Waals surface area contributed by atoms with E-state index >= 15 is 0 Å². The maximum Gasteiger partial charge on any atom is 0.255 e. The molecule has 0 bridgehead atoms. The van der Waals surface area contributed by atoms with Gasteiger partial charge in [-0.3, -0.25) is 4.79 Å². The normalized spacial score (nSPS) is 10.2. The highest BCUT2D eigenvalue weighted by atomic mass is 35.5.